The maximum atomic E-state index is 12.3. The van der Waals surface area contributed by atoms with Crippen molar-refractivity contribution in [3.8, 4) is 0 Å². The number of sulfonamides is 1. The Labute approximate surface area is 170 Å². The molecule has 0 heterocycles. The normalized spacial score (nSPS) is 18.1. The van der Waals surface area contributed by atoms with Gasteiger partial charge in [-0.05, 0) is 55.2 Å². The zero-order chi connectivity index (χ0) is 20.2. The highest BCUT2D eigenvalue weighted by Gasteiger charge is 2.28. The summed E-state index contributed by atoms with van der Waals surface area (Å²) in [5.74, 6) is 0.204. The van der Waals surface area contributed by atoms with E-state index in [0.29, 0.717) is 11.6 Å². The summed E-state index contributed by atoms with van der Waals surface area (Å²) in [6.07, 6.45) is 4.94. The minimum Gasteiger partial charge on any atom is -0.271 e. The van der Waals surface area contributed by atoms with Crippen LogP contribution >= 0.6 is 15.9 Å². The Bertz CT molecular complexity index is 806. The number of hydrazone groups is 1. The predicted molar refractivity (Wildman–Crippen MR) is 113 cm³/mol. The highest BCUT2D eigenvalue weighted by molar-refractivity contribution is 9.10. The summed E-state index contributed by atoms with van der Waals surface area (Å²) in [6, 6.07) is 6.83. The molecule has 1 amide bonds. The smallest absolute Gasteiger partial charge is 0.260 e. The molecular formula is C19H28BrN3O3S. The van der Waals surface area contributed by atoms with Crippen molar-refractivity contribution in [3.05, 3.63) is 28.7 Å². The van der Waals surface area contributed by atoms with Crippen molar-refractivity contribution in [2.75, 3.05) is 17.1 Å². The number of carbonyl (C=O) groups excluding carboxylic acids is 1. The lowest BCUT2D eigenvalue weighted by Crippen LogP contribution is -2.39. The standard InChI is InChI=1S/C19H28BrN3O3S/c1-19(2,3)14-8-10-16(11-9-14)21-22-18(24)13-23(27(4,25)26)17-7-5-6-15(20)12-17/h5-7,12,14H,8-11,13H2,1-4H3,(H,22,24). The van der Waals surface area contributed by atoms with Crippen LogP contribution in [0.25, 0.3) is 0 Å². The van der Waals surface area contributed by atoms with Crippen LogP contribution in [0.5, 0.6) is 0 Å². The molecule has 1 aromatic carbocycles. The zero-order valence-electron chi connectivity index (χ0n) is 16.3. The van der Waals surface area contributed by atoms with Gasteiger partial charge in [0.1, 0.15) is 6.54 Å². The van der Waals surface area contributed by atoms with Crippen LogP contribution in [0.3, 0.4) is 0 Å². The van der Waals surface area contributed by atoms with Gasteiger partial charge in [-0.3, -0.25) is 9.10 Å². The lowest BCUT2D eigenvalue weighted by Gasteiger charge is -2.34. The molecule has 1 saturated carbocycles. The second kappa shape index (κ2) is 8.73. The molecule has 1 aromatic rings. The molecule has 1 aliphatic carbocycles. The molecule has 1 aliphatic rings. The first-order chi connectivity index (χ1) is 12.5. The van der Waals surface area contributed by atoms with E-state index in [1.807, 2.05) is 0 Å². The van der Waals surface area contributed by atoms with Crippen LogP contribution in [0.2, 0.25) is 0 Å². The number of benzene rings is 1. The zero-order valence-corrected chi connectivity index (χ0v) is 18.7. The minimum atomic E-state index is -3.59. The Morgan fingerprint density at radius 1 is 1.30 bits per heavy atom. The van der Waals surface area contributed by atoms with E-state index in [0.717, 1.165) is 46.4 Å². The summed E-state index contributed by atoms with van der Waals surface area (Å²) in [5, 5.41) is 4.23. The second-order valence-electron chi connectivity index (χ2n) is 8.10. The van der Waals surface area contributed by atoms with Crippen molar-refractivity contribution < 1.29 is 13.2 Å². The van der Waals surface area contributed by atoms with Crippen molar-refractivity contribution >= 4 is 43.3 Å². The fourth-order valence-corrected chi connectivity index (χ4v) is 4.50. The number of anilines is 1. The van der Waals surface area contributed by atoms with Crippen molar-refractivity contribution in [2.24, 2.45) is 16.4 Å². The van der Waals surface area contributed by atoms with Crippen molar-refractivity contribution in [1.29, 1.82) is 0 Å². The monoisotopic (exact) mass is 457 g/mol. The highest BCUT2D eigenvalue weighted by atomic mass is 79.9. The van der Waals surface area contributed by atoms with Gasteiger partial charge < -0.3 is 0 Å². The van der Waals surface area contributed by atoms with E-state index in [1.54, 1.807) is 24.3 Å². The SMILES string of the molecule is CC(C)(C)C1CCC(=NNC(=O)CN(c2cccc(Br)c2)S(C)(=O)=O)CC1. The third-order valence-electron chi connectivity index (χ3n) is 4.91. The van der Waals surface area contributed by atoms with Crippen LogP contribution in [0, 0.1) is 11.3 Å². The summed E-state index contributed by atoms with van der Waals surface area (Å²) in [5.41, 5.74) is 4.21. The van der Waals surface area contributed by atoms with E-state index in [9.17, 15) is 13.2 Å². The maximum absolute atomic E-state index is 12.3. The molecule has 27 heavy (non-hydrogen) atoms. The van der Waals surface area contributed by atoms with Crippen LogP contribution in [0.1, 0.15) is 46.5 Å². The van der Waals surface area contributed by atoms with E-state index in [-0.39, 0.29) is 12.0 Å². The Balaban J connectivity index is 1.99. The van der Waals surface area contributed by atoms with Gasteiger partial charge >= 0.3 is 0 Å². The summed E-state index contributed by atoms with van der Waals surface area (Å²) in [6.45, 7) is 6.45. The van der Waals surface area contributed by atoms with Gasteiger partial charge in [0.2, 0.25) is 10.0 Å². The van der Waals surface area contributed by atoms with E-state index in [4.69, 9.17) is 0 Å². The largest absolute Gasteiger partial charge is 0.271 e. The first-order valence-corrected chi connectivity index (χ1v) is 11.7. The fourth-order valence-electron chi connectivity index (χ4n) is 3.27. The Morgan fingerprint density at radius 2 is 1.93 bits per heavy atom. The Hall–Kier alpha value is -1.41. The molecule has 0 spiro atoms. The first kappa shape index (κ1) is 21.9. The van der Waals surface area contributed by atoms with Gasteiger partial charge in [0.05, 0.1) is 11.9 Å². The van der Waals surface area contributed by atoms with Gasteiger partial charge in [0.25, 0.3) is 5.91 Å². The minimum absolute atomic E-state index is 0.286. The lowest BCUT2D eigenvalue weighted by molar-refractivity contribution is -0.119. The first-order valence-electron chi connectivity index (χ1n) is 9.04. The molecule has 2 rings (SSSR count). The third-order valence-corrected chi connectivity index (χ3v) is 6.54. The van der Waals surface area contributed by atoms with Crippen LogP contribution in [0.4, 0.5) is 5.69 Å². The topological polar surface area (TPSA) is 78.8 Å². The molecule has 1 fully saturated rings. The van der Waals surface area contributed by atoms with Crippen molar-refractivity contribution in [2.45, 2.75) is 46.5 Å². The summed E-state index contributed by atoms with van der Waals surface area (Å²) >= 11 is 3.32. The molecule has 150 valence electrons. The second-order valence-corrected chi connectivity index (χ2v) is 10.9. The number of nitrogens with zero attached hydrogens (tertiary/aromatic N) is 2. The number of halogens is 1. The average molecular weight is 458 g/mol. The Morgan fingerprint density at radius 3 is 2.44 bits per heavy atom. The number of nitrogens with one attached hydrogen (secondary N) is 1. The fraction of sp³-hybridized carbons (Fsp3) is 0.579. The molecule has 0 aromatic heterocycles. The lowest BCUT2D eigenvalue weighted by atomic mass is 9.72. The van der Waals surface area contributed by atoms with Gasteiger partial charge in [-0.2, -0.15) is 5.10 Å². The van der Waals surface area contributed by atoms with Crippen LogP contribution < -0.4 is 9.73 Å². The van der Waals surface area contributed by atoms with Crippen LogP contribution in [-0.4, -0.2) is 32.8 Å². The third kappa shape index (κ3) is 6.60. The van der Waals surface area contributed by atoms with E-state index >= 15 is 0 Å². The number of hydrogen-bond acceptors (Lipinski definition) is 4. The molecule has 8 heteroatoms. The molecule has 0 bridgehead atoms. The average Bonchev–Trinajstić information content (AvgIpc) is 2.56. The van der Waals surface area contributed by atoms with E-state index in [1.165, 1.54) is 0 Å². The van der Waals surface area contributed by atoms with E-state index in [2.05, 4.69) is 47.2 Å². The molecule has 0 radical (unpaired) electrons. The van der Waals surface area contributed by atoms with E-state index < -0.39 is 15.9 Å². The highest BCUT2D eigenvalue weighted by Crippen LogP contribution is 2.36. The molecule has 1 N–H and O–H groups in total. The van der Waals surface area contributed by atoms with Crippen molar-refractivity contribution in [3.63, 3.8) is 0 Å². The quantitative estimate of drug-likeness (QED) is 0.680. The van der Waals surface area contributed by atoms with Gasteiger partial charge in [-0.15, -0.1) is 0 Å². The van der Waals surface area contributed by atoms with Gasteiger partial charge in [-0.1, -0.05) is 42.8 Å². The number of hydrogen-bond donors (Lipinski definition) is 1. The molecule has 0 unspecified atom stereocenters. The molecule has 6 nitrogen and oxygen atoms in total. The van der Waals surface area contributed by atoms with Gasteiger partial charge in [-0.25, -0.2) is 13.8 Å². The summed E-state index contributed by atoms with van der Waals surface area (Å²) in [7, 11) is -3.59. The summed E-state index contributed by atoms with van der Waals surface area (Å²) < 4.78 is 26.0. The van der Waals surface area contributed by atoms with Crippen LogP contribution in [0.15, 0.2) is 33.8 Å². The van der Waals surface area contributed by atoms with Crippen molar-refractivity contribution in [1.82, 2.24) is 5.43 Å². The number of carbonyl (C=O) groups is 1. The molecule has 0 atom stereocenters. The van der Waals surface area contributed by atoms with Gasteiger partial charge in [0.15, 0.2) is 0 Å². The summed E-state index contributed by atoms with van der Waals surface area (Å²) in [4.78, 5) is 12.3. The predicted octanol–water partition coefficient (Wildman–Crippen LogP) is 3.92. The van der Waals surface area contributed by atoms with Gasteiger partial charge in [0, 0.05) is 10.2 Å². The Kier molecular flexibility index (Phi) is 7.08. The van der Waals surface area contributed by atoms with Crippen LogP contribution in [-0.2, 0) is 14.8 Å². The number of rotatable bonds is 5. The molecule has 0 saturated heterocycles. The maximum Gasteiger partial charge on any atom is 0.260 e. The number of amides is 1. The molecular weight excluding hydrogens is 430 g/mol. The molecule has 0 aliphatic heterocycles.